The standard InChI is InChI=1S/C19H22O5P2/c1-25(2)13-7-5-11-18(23-9-21-11)15(13)17(20)16-14(26(3)4)8-6-12-19(16)24-10-22-12/h5-8,17,20H,9-10H2,1-4H3. The Hall–Kier alpha value is -1.54. The first kappa shape index (κ1) is 17.9. The zero-order valence-corrected chi connectivity index (χ0v) is 17.1. The predicted molar refractivity (Wildman–Crippen MR) is 106 cm³/mol. The zero-order chi connectivity index (χ0) is 18.4. The maximum Gasteiger partial charge on any atom is 0.231 e. The second-order valence-electron chi connectivity index (χ2n) is 6.66. The Morgan fingerprint density at radius 1 is 0.731 bits per heavy atom. The summed E-state index contributed by atoms with van der Waals surface area (Å²) in [6.07, 6.45) is -0.858. The molecule has 1 N–H and O–H groups in total. The quantitative estimate of drug-likeness (QED) is 0.811. The van der Waals surface area contributed by atoms with Gasteiger partial charge in [0.2, 0.25) is 13.6 Å². The van der Waals surface area contributed by atoms with E-state index in [4.69, 9.17) is 18.9 Å². The molecular formula is C19H22O5P2. The van der Waals surface area contributed by atoms with Crippen molar-refractivity contribution in [3.63, 3.8) is 0 Å². The fraction of sp³-hybridized carbons (Fsp3) is 0.368. The Labute approximate surface area is 155 Å². The van der Waals surface area contributed by atoms with Gasteiger partial charge in [0.05, 0.1) is 0 Å². The topological polar surface area (TPSA) is 57.2 Å². The van der Waals surface area contributed by atoms with Gasteiger partial charge in [-0.1, -0.05) is 28.0 Å². The van der Waals surface area contributed by atoms with Crippen LogP contribution < -0.4 is 29.6 Å². The van der Waals surface area contributed by atoms with Crippen LogP contribution in [0.2, 0.25) is 0 Å². The molecule has 0 atom stereocenters. The van der Waals surface area contributed by atoms with Gasteiger partial charge in [-0.3, -0.25) is 0 Å². The number of hydrogen-bond acceptors (Lipinski definition) is 5. The van der Waals surface area contributed by atoms with Gasteiger partial charge in [-0.25, -0.2) is 0 Å². The van der Waals surface area contributed by atoms with Gasteiger partial charge in [0.15, 0.2) is 23.0 Å². The van der Waals surface area contributed by atoms with E-state index in [0.29, 0.717) is 23.0 Å². The van der Waals surface area contributed by atoms with E-state index < -0.39 is 21.9 Å². The molecule has 7 heteroatoms. The van der Waals surface area contributed by atoms with Crippen molar-refractivity contribution in [1.82, 2.24) is 0 Å². The van der Waals surface area contributed by atoms with E-state index in [-0.39, 0.29) is 13.6 Å². The van der Waals surface area contributed by atoms with Crippen LogP contribution in [0.3, 0.4) is 0 Å². The van der Waals surface area contributed by atoms with Crippen LogP contribution in [0.4, 0.5) is 0 Å². The lowest BCUT2D eigenvalue weighted by Gasteiger charge is -2.24. The highest BCUT2D eigenvalue weighted by atomic mass is 31.1. The van der Waals surface area contributed by atoms with Crippen molar-refractivity contribution in [2.45, 2.75) is 6.10 Å². The van der Waals surface area contributed by atoms with Gasteiger partial charge in [-0.15, -0.1) is 0 Å². The number of ether oxygens (including phenoxy) is 4. The minimum atomic E-state index is -0.858. The van der Waals surface area contributed by atoms with Crippen molar-refractivity contribution in [2.75, 3.05) is 40.2 Å². The van der Waals surface area contributed by atoms with Crippen LogP contribution in [0, 0.1) is 0 Å². The summed E-state index contributed by atoms with van der Waals surface area (Å²) in [5.41, 5.74) is 1.58. The molecule has 4 rings (SSSR count). The fourth-order valence-corrected chi connectivity index (χ4v) is 5.58. The molecule has 5 nitrogen and oxygen atoms in total. The van der Waals surface area contributed by atoms with Gasteiger partial charge in [0.1, 0.15) is 6.10 Å². The summed E-state index contributed by atoms with van der Waals surface area (Å²) in [4.78, 5) is 0. The molecule has 2 aliphatic heterocycles. The van der Waals surface area contributed by atoms with Crippen LogP contribution in [-0.4, -0.2) is 45.4 Å². The third-order valence-corrected chi connectivity index (χ3v) is 7.33. The van der Waals surface area contributed by atoms with E-state index in [9.17, 15) is 5.11 Å². The molecule has 2 aromatic carbocycles. The molecule has 2 aliphatic rings. The largest absolute Gasteiger partial charge is 0.454 e. The first-order chi connectivity index (χ1) is 12.5. The maximum absolute atomic E-state index is 11.5. The Bertz CT molecular complexity index is 781. The second kappa shape index (κ2) is 6.88. The number of benzene rings is 2. The van der Waals surface area contributed by atoms with Gasteiger partial charge in [-0.2, -0.15) is 0 Å². The van der Waals surface area contributed by atoms with E-state index in [0.717, 1.165) is 21.7 Å². The summed E-state index contributed by atoms with van der Waals surface area (Å²) < 4.78 is 22.6. The number of fused-ring (bicyclic) bond motifs is 2. The molecule has 138 valence electrons. The van der Waals surface area contributed by atoms with E-state index in [1.165, 1.54) is 0 Å². The monoisotopic (exact) mass is 392 g/mol. The normalized spacial score (nSPS) is 14.8. The van der Waals surface area contributed by atoms with Gasteiger partial charge < -0.3 is 24.1 Å². The van der Waals surface area contributed by atoms with Crippen molar-refractivity contribution in [3.8, 4) is 23.0 Å². The van der Waals surface area contributed by atoms with Crippen LogP contribution in [-0.2, 0) is 0 Å². The molecule has 0 aromatic heterocycles. The average molecular weight is 392 g/mol. The van der Waals surface area contributed by atoms with Crippen molar-refractivity contribution in [2.24, 2.45) is 0 Å². The Morgan fingerprint density at radius 3 is 1.54 bits per heavy atom. The highest BCUT2D eigenvalue weighted by molar-refractivity contribution is 7.64. The fourth-order valence-electron chi connectivity index (χ4n) is 3.42. The third kappa shape index (κ3) is 2.83. The highest BCUT2D eigenvalue weighted by Gasteiger charge is 2.33. The molecule has 26 heavy (non-hydrogen) atoms. The summed E-state index contributed by atoms with van der Waals surface area (Å²) in [7, 11) is -0.878. The van der Waals surface area contributed by atoms with Gasteiger partial charge in [0.25, 0.3) is 0 Å². The summed E-state index contributed by atoms with van der Waals surface area (Å²) in [6, 6.07) is 7.94. The number of rotatable bonds is 4. The molecule has 0 radical (unpaired) electrons. The summed E-state index contributed by atoms with van der Waals surface area (Å²) in [5.74, 6) is 2.65. The Kier molecular flexibility index (Phi) is 4.73. The molecule has 0 fully saturated rings. The van der Waals surface area contributed by atoms with E-state index in [2.05, 4.69) is 26.7 Å². The first-order valence-electron chi connectivity index (χ1n) is 8.36. The molecule has 0 saturated carbocycles. The molecule has 0 spiro atoms. The summed E-state index contributed by atoms with van der Waals surface area (Å²) in [6.45, 7) is 9.04. The SMILES string of the molecule is CP(C)c1ccc2c(c1C(O)c1c(P(C)C)ccc3c1OCO3)OCO2. The van der Waals surface area contributed by atoms with Gasteiger partial charge >= 0.3 is 0 Å². The van der Waals surface area contributed by atoms with E-state index in [1.807, 2.05) is 24.3 Å². The van der Waals surface area contributed by atoms with Crippen LogP contribution in [0.1, 0.15) is 17.2 Å². The molecule has 0 aliphatic carbocycles. The summed E-state index contributed by atoms with van der Waals surface area (Å²) in [5, 5.41) is 13.7. The van der Waals surface area contributed by atoms with E-state index in [1.54, 1.807) is 0 Å². The number of hydrogen-bond donors (Lipinski definition) is 1. The lowest BCUT2D eigenvalue weighted by atomic mass is 9.98. The number of aliphatic hydroxyl groups is 1. The van der Waals surface area contributed by atoms with Crippen LogP contribution in [0.15, 0.2) is 24.3 Å². The minimum Gasteiger partial charge on any atom is -0.454 e. The first-order valence-corrected chi connectivity index (χ1v) is 12.8. The Balaban J connectivity index is 1.94. The van der Waals surface area contributed by atoms with E-state index >= 15 is 0 Å². The zero-order valence-electron chi connectivity index (χ0n) is 15.3. The summed E-state index contributed by atoms with van der Waals surface area (Å²) >= 11 is 0. The smallest absolute Gasteiger partial charge is 0.231 e. The molecule has 0 unspecified atom stereocenters. The number of aliphatic hydroxyl groups excluding tert-OH is 1. The average Bonchev–Trinajstić information content (AvgIpc) is 3.27. The molecule has 0 saturated heterocycles. The van der Waals surface area contributed by atoms with Crippen LogP contribution >= 0.6 is 15.8 Å². The maximum atomic E-state index is 11.5. The van der Waals surface area contributed by atoms with Crippen molar-refractivity contribution in [3.05, 3.63) is 35.4 Å². The Morgan fingerprint density at radius 2 is 1.15 bits per heavy atom. The van der Waals surface area contributed by atoms with Crippen molar-refractivity contribution < 1.29 is 24.1 Å². The highest BCUT2D eigenvalue weighted by Crippen LogP contribution is 2.48. The second-order valence-corrected chi connectivity index (χ2v) is 11.2. The predicted octanol–water partition coefficient (Wildman–Crippen LogP) is 2.96. The molecule has 0 amide bonds. The lowest BCUT2D eigenvalue weighted by molar-refractivity contribution is 0.163. The van der Waals surface area contributed by atoms with Crippen molar-refractivity contribution in [1.29, 1.82) is 0 Å². The molecule has 2 heterocycles. The van der Waals surface area contributed by atoms with Gasteiger partial charge in [-0.05, 0) is 49.4 Å². The minimum absolute atomic E-state index is 0.178. The van der Waals surface area contributed by atoms with Crippen LogP contribution in [0.5, 0.6) is 23.0 Å². The van der Waals surface area contributed by atoms with Crippen LogP contribution in [0.25, 0.3) is 0 Å². The van der Waals surface area contributed by atoms with Gasteiger partial charge in [0, 0.05) is 11.1 Å². The van der Waals surface area contributed by atoms with Crippen molar-refractivity contribution >= 4 is 26.5 Å². The lowest BCUT2D eigenvalue weighted by Crippen LogP contribution is -2.20. The third-order valence-electron chi connectivity index (χ3n) is 4.62. The molecule has 2 aromatic rings. The molecule has 0 bridgehead atoms. The molecular weight excluding hydrogens is 370 g/mol.